The summed E-state index contributed by atoms with van der Waals surface area (Å²) in [6.07, 6.45) is 3.55. The Kier molecular flexibility index (Phi) is 6.35. The van der Waals surface area contributed by atoms with Gasteiger partial charge in [0, 0.05) is 31.4 Å². The summed E-state index contributed by atoms with van der Waals surface area (Å²) in [4.78, 5) is 25.8. The van der Waals surface area contributed by atoms with Crippen LogP contribution in [0.1, 0.15) is 26.7 Å². The van der Waals surface area contributed by atoms with Crippen LogP contribution in [0.5, 0.6) is 0 Å². The van der Waals surface area contributed by atoms with E-state index < -0.39 is 5.82 Å². The van der Waals surface area contributed by atoms with Gasteiger partial charge in [0.15, 0.2) is 0 Å². The van der Waals surface area contributed by atoms with E-state index in [4.69, 9.17) is 0 Å². The van der Waals surface area contributed by atoms with Crippen molar-refractivity contribution in [2.75, 3.05) is 25.0 Å². The average Bonchev–Trinajstić information content (AvgIpc) is 2.52. The number of carbonyl (C=O) groups is 2. The van der Waals surface area contributed by atoms with E-state index in [-0.39, 0.29) is 17.9 Å². The first kappa shape index (κ1) is 18.0. The lowest BCUT2D eigenvalue weighted by molar-refractivity contribution is -0.127. The van der Waals surface area contributed by atoms with Crippen molar-refractivity contribution in [1.82, 2.24) is 10.2 Å². The molecule has 0 saturated carbocycles. The summed E-state index contributed by atoms with van der Waals surface area (Å²) in [7, 11) is 0. The smallest absolute Gasteiger partial charge is 0.319 e. The van der Waals surface area contributed by atoms with Gasteiger partial charge in [0.05, 0.1) is 0 Å². The van der Waals surface area contributed by atoms with Crippen molar-refractivity contribution in [3.05, 3.63) is 41.7 Å². The number of anilines is 1. The van der Waals surface area contributed by atoms with Crippen molar-refractivity contribution in [3.63, 3.8) is 0 Å². The number of carbonyl (C=O) groups excluding carboxylic acids is 2. The molecule has 0 bridgehead atoms. The van der Waals surface area contributed by atoms with Gasteiger partial charge in [0.25, 0.3) is 0 Å². The monoisotopic (exact) mass is 333 g/mol. The van der Waals surface area contributed by atoms with E-state index in [1.54, 1.807) is 18.2 Å². The highest BCUT2D eigenvalue weighted by molar-refractivity contribution is 5.89. The molecule has 0 radical (unpaired) electrons. The van der Waals surface area contributed by atoms with Gasteiger partial charge in [-0.1, -0.05) is 11.6 Å². The van der Waals surface area contributed by atoms with E-state index >= 15 is 0 Å². The molecule has 6 heteroatoms. The fourth-order valence-corrected chi connectivity index (χ4v) is 2.75. The molecule has 0 aromatic heterocycles. The van der Waals surface area contributed by atoms with Gasteiger partial charge in [-0.25, -0.2) is 9.18 Å². The number of allylic oxidation sites excluding steroid dienone is 1. The molecule has 1 aromatic carbocycles. The molecule has 1 heterocycles. The zero-order valence-electron chi connectivity index (χ0n) is 14.1. The van der Waals surface area contributed by atoms with Crippen LogP contribution >= 0.6 is 0 Å². The summed E-state index contributed by atoms with van der Waals surface area (Å²) in [6, 6.07) is 5.39. The number of nitrogens with zero attached hydrogens (tertiary/aromatic N) is 1. The Hall–Kier alpha value is -2.37. The molecule has 1 aromatic rings. The van der Waals surface area contributed by atoms with Crippen LogP contribution in [-0.2, 0) is 4.79 Å². The standard InChI is InChI=1S/C18H24FN3O2/c1-13(2)9-17(23)22-8-4-5-14(12-22)11-20-18(24)21-16-7-3-6-15(19)10-16/h3,6-7,9-10,14H,4-5,8,11-12H2,1-2H3,(H2,20,21,24)/t14-/m0/s1. The first-order chi connectivity index (χ1) is 11.4. The Morgan fingerprint density at radius 2 is 2.17 bits per heavy atom. The second kappa shape index (κ2) is 8.47. The third-order valence-electron chi connectivity index (χ3n) is 3.88. The average molecular weight is 333 g/mol. The Morgan fingerprint density at radius 3 is 2.88 bits per heavy atom. The quantitative estimate of drug-likeness (QED) is 0.832. The minimum Gasteiger partial charge on any atom is -0.339 e. The van der Waals surface area contributed by atoms with Gasteiger partial charge < -0.3 is 15.5 Å². The number of hydrogen-bond donors (Lipinski definition) is 2. The van der Waals surface area contributed by atoms with Crippen molar-refractivity contribution in [2.24, 2.45) is 5.92 Å². The number of rotatable bonds is 4. The van der Waals surface area contributed by atoms with Gasteiger partial charge in [0.1, 0.15) is 5.82 Å². The predicted molar refractivity (Wildman–Crippen MR) is 92.2 cm³/mol. The molecule has 24 heavy (non-hydrogen) atoms. The van der Waals surface area contributed by atoms with E-state index in [2.05, 4.69) is 10.6 Å². The molecule has 1 fully saturated rings. The van der Waals surface area contributed by atoms with Gasteiger partial charge in [-0.15, -0.1) is 0 Å². The second-order valence-corrected chi connectivity index (χ2v) is 6.36. The van der Waals surface area contributed by atoms with E-state index in [1.807, 2.05) is 18.7 Å². The number of halogens is 1. The van der Waals surface area contributed by atoms with Gasteiger partial charge in [0.2, 0.25) is 5.91 Å². The zero-order chi connectivity index (χ0) is 17.5. The zero-order valence-corrected chi connectivity index (χ0v) is 14.1. The molecule has 0 unspecified atom stereocenters. The Balaban J connectivity index is 1.80. The Labute approximate surface area is 141 Å². The molecular weight excluding hydrogens is 309 g/mol. The summed E-state index contributed by atoms with van der Waals surface area (Å²) >= 11 is 0. The van der Waals surface area contributed by atoms with Crippen molar-refractivity contribution in [2.45, 2.75) is 26.7 Å². The van der Waals surface area contributed by atoms with Crippen LogP contribution in [0.3, 0.4) is 0 Å². The topological polar surface area (TPSA) is 61.4 Å². The molecule has 1 atom stereocenters. The highest BCUT2D eigenvalue weighted by Crippen LogP contribution is 2.16. The summed E-state index contributed by atoms with van der Waals surface area (Å²) < 4.78 is 13.1. The number of piperidine rings is 1. The molecule has 1 aliphatic rings. The van der Waals surface area contributed by atoms with E-state index in [0.29, 0.717) is 18.8 Å². The number of benzene rings is 1. The lowest BCUT2D eigenvalue weighted by atomic mass is 9.98. The molecule has 5 nitrogen and oxygen atoms in total. The van der Waals surface area contributed by atoms with Crippen LogP contribution in [0.4, 0.5) is 14.9 Å². The van der Waals surface area contributed by atoms with E-state index in [9.17, 15) is 14.0 Å². The summed E-state index contributed by atoms with van der Waals surface area (Å²) in [5.41, 5.74) is 1.39. The lowest BCUT2D eigenvalue weighted by Gasteiger charge is -2.32. The fraction of sp³-hybridized carbons (Fsp3) is 0.444. The molecule has 1 saturated heterocycles. The molecule has 3 amide bonds. The minimum atomic E-state index is -0.395. The Morgan fingerprint density at radius 1 is 1.38 bits per heavy atom. The molecule has 2 N–H and O–H groups in total. The maximum absolute atomic E-state index is 13.1. The predicted octanol–water partition coefficient (Wildman–Crippen LogP) is 3.15. The number of likely N-dealkylation sites (tertiary alicyclic amines) is 1. The summed E-state index contributed by atoms with van der Waals surface area (Å²) in [5.74, 6) is -0.135. The number of hydrogen-bond acceptors (Lipinski definition) is 2. The number of nitrogens with one attached hydrogen (secondary N) is 2. The summed E-state index contributed by atoms with van der Waals surface area (Å²) in [6.45, 7) is 5.69. The van der Waals surface area contributed by atoms with Crippen molar-refractivity contribution >= 4 is 17.6 Å². The third-order valence-corrected chi connectivity index (χ3v) is 3.88. The van der Waals surface area contributed by atoms with Crippen LogP contribution in [-0.4, -0.2) is 36.5 Å². The Bertz CT molecular complexity index is 626. The SMILES string of the molecule is CC(C)=CC(=O)N1CCC[C@@H](CNC(=O)Nc2cccc(F)c2)C1. The number of urea groups is 1. The van der Waals surface area contributed by atoms with Gasteiger partial charge >= 0.3 is 6.03 Å². The normalized spacial score (nSPS) is 17.1. The second-order valence-electron chi connectivity index (χ2n) is 6.36. The first-order valence-corrected chi connectivity index (χ1v) is 8.18. The van der Waals surface area contributed by atoms with E-state index in [0.717, 1.165) is 25.0 Å². The summed E-state index contributed by atoms with van der Waals surface area (Å²) in [5, 5.41) is 5.40. The maximum Gasteiger partial charge on any atom is 0.319 e. The van der Waals surface area contributed by atoms with Gasteiger partial charge in [-0.05, 0) is 50.8 Å². The highest BCUT2D eigenvalue weighted by Gasteiger charge is 2.22. The molecule has 1 aliphatic heterocycles. The molecule has 0 spiro atoms. The van der Waals surface area contributed by atoms with Crippen LogP contribution in [0, 0.1) is 11.7 Å². The largest absolute Gasteiger partial charge is 0.339 e. The maximum atomic E-state index is 13.1. The van der Waals surface area contributed by atoms with Crippen LogP contribution in [0.15, 0.2) is 35.9 Å². The van der Waals surface area contributed by atoms with Crippen LogP contribution in [0.2, 0.25) is 0 Å². The molecule has 0 aliphatic carbocycles. The van der Waals surface area contributed by atoms with Crippen molar-refractivity contribution < 1.29 is 14.0 Å². The minimum absolute atomic E-state index is 0.0314. The molecular formula is C18H24FN3O2. The van der Waals surface area contributed by atoms with Crippen molar-refractivity contribution in [3.8, 4) is 0 Å². The third kappa shape index (κ3) is 5.68. The van der Waals surface area contributed by atoms with Gasteiger partial charge in [-0.3, -0.25) is 4.79 Å². The van der Waals surface area contributed by atoms with E-state index in [1.165, 1.54) is 12.1 Å². The van der Waals surface area contributed by atoms with Gasteiger partial charge in [-0.2, -0.15) is 0 Å². The number of amides is 3. The van der Waals surface area contributed by atoms with Crippen LogP contribution < -0.4 is 10.6 Å². The molecule has 2 rings (SSSR count). The van der Waals surface area contributed by atoms with Crippen LogP contribution in [0.25, 0.3) is 0 Å². The molecule has 130 valence electrons. The lowest BCUT2D eigenvalue weighted by Crippen LogP contribution is -2.43. The first-order valence-electron chi connectivity index (χ1n) is 8.18. The highest BCUT2D eigenvalue weighted by atomic mass is 19.1. The van der Waals surface area contributed by atoms with Crippen molar-refractivity contribution in [1.29, 1.82) is 0 Å². The fourth-order valence-electron chi connectivity index (χ4n) is 2.75.